The van der Waals surface area contributed by atoms with E-state index in [1.165, 1.54) is 12.3 Å². The van der Waals surface area contributed by atoms with Crippen molar-refractivity contribution in [2.75, 3.05) is 18.9 Å². The van der Waals surface area contributed by atoms with Crippen molar-refractivity contribution >= 4 is 11.7 Å². The van der Waals surface area contributed by atoms with Crippen molar-refractivity contribution in [3.8, 4) is 5.75 Å². The van der Waals surface area contributed by atoms with Gasteiger partial charge in [0.2, 0.25) is 0 Å². The highest BCUT2D eigenvalue weighted by molar-refractivity contribution is 5.87. The number of para-hydroxylation sites is 1. The normalized spacial score (nSPS) is 9.89. The number of nitrogen functional groups attached to an aromatic ring is 1. The maximum atomic E-state index is 11.6. The summed E-state index contributed by atoms with van der Waals surface area (Å²) in [5.74, 6) is 0.251. The molecular weight excluding hydrogens is 244 g/mol. The molecule has 0 saturated heterocycles. The highest BCUT2D eigenvalue weighted by atomic mass is 16.6. The van der Waals surface area contributed by atoms with Gasteiger partial charge in [0.05, 0.1) is 11.9 Å². The first kappa shape index (κ1) is 12.9. The van der Waals surface area contributed by atoms with Crippen LogP contribution in [0.1, 0.15) is 10.5 Å². The third kappa shape index (κ3) is 3.99. The van der Waals surface area contributed by atoms with E-state index < -0.39 is 5.97 Å². The van der Waals surface area contributed by atoms with Gasteiger partial charge in [0, 0.05) is 0 Å². The number of pyridine rings is 1. The first-order chi connectivity index (χ1) is 9.25. The molecule has 1 heterocycles. The monoisotopic (exact) mass is 258 g/mol. The van der Waals surface area contributed by atoms with Gasteiger partial charge < -0.3 is 15.2 Å². The molecule has 0 amide bonds. The SMILES string of the molecule is Nc1ccc(C(=O)OCCOc2ccccc2)nc1. The zero-order chi connectivity index (χ0) is 13.5. The van der Waals surface area contributed by atoms with Gasteiger partial charge in [0.1, 0.15) is 24.7 Å². The summed E-state index contributed by atoms with van der Waals surface area (Å²) in [5.41, 5.74) is 6.21. The van der Waals surface area contributed by atoms with E-state index in [9.17, 15) is 4.79 Å². The number of ether oxygens (including phenoxy) is 2. The van der Waals surface area contributed by atoms with Gasteiger partial charge in [0.25, 0.3) is 0 Å². The van der Waals surface area contributed by atoms with Crippen molar-refractivity contribution in [2.45, 2.75) is 0 Å². The average Bonchev–Trinajstić information content (AvgIpc) is 2.45. The minimum Gasteiger partial charge on any atom is -0.490 e. The minimum atomic E-state index is -0.489. The number of nitrogens with zero attached hydrogens (tertiary/aromatic N) is 1. The van der Waals surface area contributed by atoms with Crippen molar-refractivity contribution in [1.82, 2.24) is 4.98 Å². The molecule has 19 heavy (non-hydrogen) atoms. The molecule has 0 bridgehead atoms. The van der Waals surface area contributed by atoms with E-state index in [0.29, 0.717) is 12.3 Å². The number of rotatable bonds is 5. The predicted molar refractivity (Wildman–Crippen MR) is 70.9 cm³/mol. The first-order valence-electron chi connectivity index (χ1n) is 5.82. The lowest BCUT2D eigenvalue weighted by Crippen LogP contribution is -2.13. The molecule has 0 saturated carbocycles. The van der Waals surface area contributed by atoms with Crippen LogP contribution in [0, 0.1) is 0 Å². The van der Waals surface area contributed by atoms with E-state index in [1.54, 1.807) is 6.07 Å². The quantitative estimate of drug-likeness (QED) is 0.655. The third-order valence-corrected chi connectivity index (χ3v) is 2.32. The average molecular weight is 258 g/mol. The number of hydrogen-bond donors (Lipinski definition) is 1. The molecule has 0 unspecified atom stereocenters. The Balaban J connectivity index is 1.74. The lowest BCUT2D eigenvalue weighted by atomic mass is 10.3. The maximum absolute atomic E-state index is 11.6. The molecule has 1 aromatic heterocycles. The highest BCUT2D eigenvalue weighted by Gasteiger charge is 2.07. The molecule has 0 aliphatic heterocycles. The molecule has 0 atom stereocenters. The molecular formula is C14H14N2O3. The highest BCUT2D eigenvalue weighted by Crippen LogP contribution is 2.08. The van der Waals surface area contributed by atoms with Gasteiger partial charge in [-0.1, -0.05) is 18.2 Å². The molecule has 0 spiro atoms. The number of esters is 1. The van der Waals surface area contributed by atoms with Gasteiger partial charge >= 0.3 is 5.97 Å². The fourth-order valence-corrected chi connectivity index (χ4v) is 1.41. The van der Waals surface area contributed by atoms with Crippen LogP contribution in [0.3, 0.4) is 0 Å². The molecule has 2 rings (SSSR count). The largest absolute Gasteiger partial charge is 0.490 e. The van der Waals surface area contributed by atoms with Crippen LogP contribution >= 0.6 is 0 Å². The Morgan fingerprint density at radius 2 is 1.89 bits per heavy atom. The second kappa shape index (κ2) is 6.39. The Labute approximate surface area is 111 Å². The lowest BCUT2D eigenvalue weighted by Gasteiger charge is -2.06. The predicted octanol–water partition coefficient (Wildman–Crippen LogP) is 1.90. The van der Waals surface area contributed by atoms with Gasteiger partial charge in [-0.3, -0.25) is 0 Å². The topological polar surface area (TPSA) is 74.4 Å². The fourth-order valence-electron chi connectivity index (χ4n) is 1.41. The summed E-state index contributed by atoms with van der Waals surface area (Å²) in [6, 6.07) is 12.4. The number of nitrogens with two attached hydrogens (primary N) is 1. The summed E-state index contributed by atoms with van der Waals surface area (Å²) < 4.78 is 10.4. The molecule has 0 aliphatic carbocycles. The first-order valence-corrected chi connectivity index (χ1v) is 5.82. The zero-order valence-electron chi connectivity index (χ0n) is 10.3. The maximum Gasteiger partial charge on any atom is 0.357 e. The van der Waals surface area contributed by atoms with Gasteiger partial charge in [-0.2, -0.15) is 0 Å². The number of anilines is 1. The number of carbonyl (C=O) groups is 1. The smallest absolute Gasteiger partial charge is 0.357 e. The van der Waals surface area contributed by atoms with Gasteiger partial charge in [-0.15, -0.1) is 0 Å². The Morgan fingerprint density at radius 1 is 1.11 bits per heavy atom. The van der Waals surface area contributed by atoms with Crippen molar-refractivity contribution in [3.05, 3.63) is 54.4 Å². The number of benzene rings is 1. The summed E-state index contributed by atoms with van der Waals surface area (Å²) in [5, 5.41) is 0. The summed E-state index contributed by atoms with van der Waals surface area (Å²) >= 11 is 0. The van der Waals surface area contributed by atoms with Crippen LogP contribution in [0.25, 0.3) is 0 Å². The van der Waals surface area contributed by atoms with Crippen molar-refractivity contribution in [1.29, 1.82) is 0 Å². The van der Waals surface area contributed by atoms with Crippen LogP contribution in [0.5, 0.6) is 5.75 Å². The molecule has 2 N–H and O–H groups in total. The van der Waals surface area contributed by atoms with E-state index in [-0.39, 0.29) is 12.3 Å². The number of hydrogen-bond acceptors (Lipinski definition) is 5. The summed E-state index contributed by atoms with van der Waals surface area (Å²) in [4.78, 5) is 15.5. The van der Waals surface area contributed by atoms with Crippen molar-refractivity contribution in [2.24, 2.45) is 0 Å². The van der Waals surface area contributed by atoms with E-state index in [2.05, 4.69) is 4.98 Å². The van der Waals surface area contributed by atoms with Gasteiger partial charge in [-0.05, 0) is 24.3 Å². The second-order valence-corrected chi connectivity index (χ2v) is 3.77. The molecule has 0 aliphatic rings. The second-order valence-electron chi connectivity index (χ2n) is 3.77. The van der Waals surface area contributed by atoms with Crippen LogP contribution in [-0.2, 0) is 4.74 Å². The molecule has 1 aromatic carbocycles. The van der Waals surface area contributed by atoms with Crippen LogP contribution in [0.4, 0.5) is 5.69 Å². The lowest BCUT2D eigenvalue weighted by molar-refractivity contribution is 0.0444. The molecule has 5 heteroatoms. The Hall–Kier alpha value is -2.56. The van der Waals surface area contributed by atoms with Crippen LogP contribution < -0.4 is 10.5 Å². The fraction of sp³-hybridized carbons (Fsp3) is 0.143. The van der Waals surface area contributed by atoms with Crippen molar-refractivity contribution in [3.63, 3.8) is 0 Å². The van der Waals surface area contributed by atoms with Gasteiger partial charge in [-0.25, -0.2) is 9.78 Å². The number of carbonyl (C=O) groups excluding carboxylic acids is 1. The molecule has 0 radical (unpaired) electrons. The Bertz CT molecular complexity index is 526. The third-order valence-electron chi connectivity index (χ3n) is 2.32. The zero-order valence-corrected chi connectivity index (χ0v) is 10.3. The molecule has 98 valence electrons. The van der Waals surface area contributed by atoms with E-state index in [0.717, 1.165) is 5.75 Å². The molecule has 5 nitrogen and oxygen atoms in total. The van der Waals surface area contributed by atoms with Crippen molar-refractivity contribution < 1.29 is 14.3 Å². The summed E-state index contributed by atoms with van der Waals surface area (Å²) in [6.45, 7) is 0.463. The molecule has 2 aromatic rings. The van der Waals surface area contributed by atoms with E-state index in [4.69, 9.17) is 15.2 Å². The van der Waals surface area contributed by atoms with E-state index in [1.807, 2.05) is 30.3 Å². The molecule has 0 fully saturated rings. The standard InChI is InChI=1S/C14H14N2O3/c15-11-6-7-13(16-10-11)14(17)19-9-8-18-12-4-2-1-3-5-12/h1-7,10H,8-9,15H2. The number of aromatic nitrogens is 1. The van der Waals surface area contributed by atoms with Crippen LogP contribution in [-0.4, -0.2) is 24.2 Å². The Kier molecular flexibility index (Phi) is 4.34. The van der Waals surface area contributed by atoms with Gasteiger partial charge in [0.15, 0.2) is 0 Å². The van der Waals surface area contributed by atoms with E-state index >= 15 is 0 Å². The Morgan fingerprint density at radius 3 is 2.58 bits per heavy atom. The minimum absolute atomic E-state index is 0.166. The summed E-state index contributed by atoms with van der Waals surface area (Å²) in [7, 11) is 0. The summed E-state index contributed by atoms with van der Waals surface area (Å²) in [6.07, 6.45) is 1.41. The van der Waals surface area contributed by atoms with Crippen LogP contribution in [0.15, 0.2) is 48.7 Å². The van der Waals surface area contributed by atoms with Crippen LogP contribution in [0.2, 0.25) is 0 Å².